The Hall–Kier alpha value is -1.98. The van der Waals surface area contributed by atoms with Crippen LogP contribution in [-0.4, -0.2) is 41.5 Å². The highest BCUT2D eigenvalue weighted by Gasteiger charge is 2.31. The van der Waals surface area contributed by atoms with Crippen molar-refractivity contribution in [2.24, 2.45) is 0 Å². The molecule has 2 rings (SSSR count). The summed E-state index contributed by atoms with van der Waals surface area (Å²) in [6, 6.07) is 5.46. The van der Waals surface area contributed by atoms with Crippen molar-refractivity contribution in [1.82, 2.24) is 4.90 Å². The molecule has 1 amide bonds. The molecule has 20 heavy (non-hydrogen) atoms. The molecule has 1 aromatic carbocycles. The molecule has 1 heterocycles. The average molecular weight is 340 g/mol. The van der Waals surface area contributed by atoms with Crippen molar-refractivity contribution < 1.29 is 14.5 Å². The van der Waals surface area contributed by atoms with E-state index in [0.717, 1.165) is 0 Å². The fraction of sp³-hybridized carbons (Fsp3) is 0.333. The number of nitrogens with zero attached hydrogens (tertiary/aromatic N) is 3. The van der Waals surface area contributed by atoms with Crippen LogP contribution in [-0.2, 0) is 4.74 Å². The number of rotatable bonds is 2. The molecule has 0 spiro atoms. The molecule has 0 N–H and O–H groups in total. The van der Waals surface area contributed by atoms with E-state index in [0.29, 0.717) is 11.1 Å². The molecule has 1 saturated heterocycles. The predicted octanol–water partition coefficient (Wildman–Crippen LogP) is 1.72. The van der Waals surface area contributed by atoms with E-state index in [1.165, 1.54) is 17.0 Å². The molecule has 104 valence electrons. The van der Waals surface area contributed by atoms with Gasteiger partial charge in [0.15, 0.2) is 0 Å². The highest BCUT2D eigenvalue weighted by molar-refractivity contribution is 9.10. The van der Waals surface area contributed by atoms with E-state index < -0.39 is 16.9 Å². The van der Waals surface area contributed by atoms with Crippen molar-refractivity contribution in [1.29, 1.82) is 5.26 Å². The number of carbonyl (C=O) groups excluding carboxylic acids is 1. The van der Waals surface area contributed by atoms with E-state index in [1.54, 1.807) is 6.07 Å². The first kappa shape index (κ1) is 14.4. The average Bonchev–Trinajstić information content (AvgIpc) is 2.46. The van der Waals surface area contributed by atoms with Gasteiger partial charge < -0.3 is 9.64 Å². The smallest absolute Gasteiger partial charge is 0.283 e. The number of nitro groups is 1. The quantitative estimate of drug-likeness (QED) is 0.603. The zero-order valence-electron chi connectivity index (χ0n) is 10.3. The fourth-order valence-electron chi connectivity index (χ4n) is 1.95. The molecule has 8 heteroatoms. The summed E-state index contributed by atoms with van der Waals surface area (Å²) in [5, 5.41) is 20.1. The van der Waals surface area contributed by atoms with Crippen LogP contribution in [0.25, 0.3) is 0 Å². The molecule has 0 radical (unpaired) electrons. The monoisotopic (exact) mass is 339 g/mol. The van der Waals surface area contributed by atoms with Gasteiger partial charge in [-0.05, 0) is 12.1 Å². The first-order valence-corrected chi connectivity index (χ1v) is 6.56. The van der Waals surface area contributed by atoms with Gasteiger partial charge in [0.2, 0.25) is 0 Å². The summed E-state index contributed by atoms with van der Waals surface area (Å²) in [6.07, 6.45) is 0. The molecule has 1 fully saturated rings. The van der Waals surface area contributed by atoms with Crippen LogP contribution in [0.4, 0.5) is 5.69 Å². The second kappa shape index (κ2) is 5.98. The van der Waals surface area contributed by atoms with Crippen LogP contribution in [0, 0.1) is 21.4 Å². The normalized spacial score (nSPS) is 18.4. The van der Waals surface area contributed by atoms with Crippen molar-refractivity contribution in [3.8, 4) is 6.07 Å². The maximum Gasteiger partial charge on any atom is 0.283 e. The van der Waals surface area contributed by atoms with Crippen molar-refractivity contribution >= 4 is 27.5 Å². The molecule has 0 aliphatic carbocycles. The maximum absolute atomic E-state index is 12.4. The van der Waals surface area contributed by atoms with Crippen LogP contribution >= 0.6 is 15.9 Å². The Morgan fingerprint density at radius 3 is 3.00 bits per heavy atom. The summed E-state index contributed by atoms with van der Waals surface area (Å²) in [5.41, 5.74) is -0.312. The van der Waals surface area contributed by atoms with Crippen molar-refractivity contribution in [2.45, 2.75) is 6.04 Å². The molecule has 1 atom stereocenters. The number of halogens is 1. The third-order valence-corrected chi connectivity index (χ3v) is 3.42. The standard InChI is InChI=1S/C12H10BrN3O4/c13-8-1-2-10(11(5-8)16(18)19)12(17)15-3-4-20-7-9(15)6-14/h1-2,5,9H,3-4,7H2/t9-/m0/s1. The zero-order valence-corrected chi connectivity index (χ0v) is 11.9. The number of hydrogen-bond donors (Lipinski definition) is 0. The van der Waals surface area contributed by atoms with E-state index in [1.807, 2.05) is 6.07 Å². The van der Waals surface area contributed by atoms with E-state index in [2.05, 4.69) is 15.9 Å². The van der Waals surface area contributed by atoms with Crippen LogP contribution in [0.5, 0.6) is 0 Å². The Morgan fingerprint density at radius 2 is 2.35 bits per heavy atom. The number of hydrogen-bond acceptors (Lipinski definition) is 5. The Kier molecular flexibility index (Phi) is 4.32. The van der Waals surface area contributed by atoms with Crippen LogP contribution in [0.3, 0.4) is 0 Å². The molecule has 1 aromatic rings. The minimum absolute atomic E-state index is 0.0275. The van der Waals surface area contributed by atoms with E-state index in [-0.39, 0.29) is 24.4 Å². The third-order valence-electron chi connectivity index (χ3n) is 2.93. The lowest BCUT2D eigenvalue weighted by molar-refractivity contribution is -0.385. The highest BCUT2D eigenvalue weighted by Crippen LogP contribution is 2.25. The van der Waals surface area contributed by atoms with E-state index in [9.17, 15) is 14.9 Å². The minimum Gasteiger partial charge on any atom is -0.376 e. The van der Waals surface area contributed by atoms with Gasteiger partial charge in [0.25, 0.3) is 11.6 Å². The van der Waals surface area contributed by atoms with Crippen molar-refractivity contribution in [3.05, 3.63) is 38.3 Å². The SMILES string of the molecule is N#C[C@H]1COCCN1C(=O)c1ccc(Br)cc1[N+](=O)[O-]. The van der Waals surface area contributed by atoms with Crippen LogP contribution in [0.2, 0.25) is 0 Å². The number of amides is 1. The second-order valence-electron chi connectivity index (χ2n) is 4.14. The lowest BCUT2D eigenvalue weighted by Gasteiger charge is -2.31. The Morgan fingerprint density at radius 1 is 1.60 bits per heavy atom. The number of carbonyl (C=O) groups is 1. The number of benzene rings is 1. The molecule has 0 saturated carbocycles. The second-order valence-corrected chi connectivity index (χ2v) is 5.05. The molecule has 1 aliphatic heterocycles. The number of nitro benzene ring substituents is 1. The molecule has 0 aromatic heterocycles. The topological polar surface area (TPSA) is 96.5 Å². The summed E-state index contributed by atoms with van der Waals surface area (Å²) >= 11 is 3.13. The zero-order chi connectivity index (χ0) is 14.7. The van der Waals surface area contributed by atoms with Gasteiger partial charge in [-0.2, -0.15) is 5.26 Å². The third kappa shape index (κ3) is 2.79. The van der Waals surface area contributed by atoms with Gasteiger partial charge in [0, 0.05) is 17.1 Å². The minimum atomic E-state index is -0.723. The first-order chi connectivity index (χ1) is 9.54. The van der Waals surface area contributed by atoms with Gasteiger partial charge in [-0.25, -0.2) is 0 Å². The summed E-state index contributed by atoms with van der Waals surface area (Å²) < 4.78 is 5.64. The number of ether oxygens (including phenoxy) is 1. The predicted molar refractivity (Wildman–Crippen MR) is 72.1 cm³/mol. The van der Waals surface area contributed by atoms with Crippen LogP contribution < -0.4 is 0 Å². The van der Waals surface area contributed by atoms with E-state index >= 15 is 0 Å². The van der Waals surface area contributed by atoms with Crippen LogP contribution in [0.15, 0.2) is 22.7 Å². The summed E-state index contributed by atoms with van der Waals surface area (Å²) in [4.78, 5) is 24.1. The number of nitriles is 1. The van der Waals surface area contributed by atoms with Crippen molar-refractivity contribution in [3.63, 3.8) is 0 Å². The van der Waals surface area contributed by atoms with Crippen LogP contribution in [0.1, 0.15) is 10.4 Å². The summed E-state index contributed by atoms with van der Waals surface area (Å²) in [5.74, 6) is -0.529. The molecule has 0 unspecified atom stereocenters. The molecule has 1 aliphatic rings. The number of morpholine rings is 1. The van der Waals surface area contributed by atoms with Gasteiger partial charge in [-0.3, -0.25) is 14.9 Å². The first-order valence-electron chi connectivity index (χ1n) is 5.77. The molecular weight excluding hydrogens is 330 g/mol. The van der Waals surface area contributed by atoms with Crippen molar-refractivity contribution in [2.75, 3.05) is 19.8 Å². The van der Waals surface area contributed by atoms with Gasteiger partial charge in [0.05, 0.1) is 24.2 Å². The summed E-state index contributed by atoms with van der Waals surface area (Å²) in [7, 11) is 0. The van der Waals surface area contributed by atoms with Gasteiger partial charge in [0.1, 0.15) is 11.6 Å². The summed E-state index contributed by atoms with van der Waals surface area (Å²) in [6.45, 7) is 0.672. The Bertz CT molecular complexity index is 599. The van der Waals surface area contributed by atoms with Gasteiger partial charge in [-0.15, -0.1) is 0 Å². The lowest BCUT2D eigenvalue weighted by Crippen LogP contribution is -2.48. The van der Waals surface area contributed by atoms with Gasteiger partial charge >= 0.3 is 0 Å². The molecule has 0 bridgehead atoms. The highest BCUT2D eigenvalue weighted by atomic mass is 79.9. The van der Waals surface area contributed by atoms with Gasteiger partial charge in [-0.1, -0.05) is 15.9 Å². The Labute approximate surface area is 123 Å². The molecule has 7 nitrogen and oxygen atoms in total. The maximum atomic E-state index is 12.4. The van der Waals surface area contributed by atoms with E-state index in [4.69, 9.17) is 10.00 Å². The fourth-order valence-corrected chi connectivity index (χ4v) is 2.29. The molecular formula is C12H10BrN3O4. The largest absolute Gasteiger partial charge is 0.376 e. The Balaban J connectivity index is 2.38. The lowest BCUT2D eigenvalue weighted by atomic mass is 10.1.